The predicted octanol–water partition coefficient (Wildman–Crippen LogP) is 2.78. The minimum absolute atomic E-state index is 0.0783. The molecular formula is C15H21N5O2. The van der Waals surface area contributed by atoms with E-state index in [1.807, 2.05) is 4.90 Å². The third-order valence-electron chi connectivity index (χ3n) is 3.04. The average Bonchev–Trinajstić information content (AvgIpc) is 2.92. The maximum atomic E-state index is 12.5. The molecule has 0 unspecified atom stereocenters. The van der Waals surface area contributed by atoms with E-state index < -0.39 is 0 Å². The van der Waals surface area contributed by atoms with Gasteiger partial charge in [-0.15, -0.1) is 0 Å². The van der Waals surface area contributed by atoms with Gasteiger partial charge in [0.15, 0.2) is 5.82 Å². The number of anilines is 2. The molecule has 0 aliphatic heterocycles. The van der Waals surface area contributed by atoms with Gasteiger partial charge in [-0.1, -0.05) is 19.0 Å². The monoisotopic (exact) mass is 303 g/mol. The van der Waals surface area contributed by atoms with Gasteiger partial charge in [0.25, 0.3) is 5.91 Å². The van der Waals surface area contributed by atoms with E-state index in [0.717, 1.165) is 25.9 Å². The van der Waals surface area contributed by atoms with Crippen LogP contribution in [-0.4, -0.2) is 39.0 Å². The molecule has 1 amide bonds. The lowest BCUT2D eigenvalue weighted by molar-refractivity contribution is 0.0749. The third-order valence-corrected chi connectivity index (χ3v) is 3.04. The molecule has 0 spiro atoms. The number of carbonyl (C=O) groups excluding carboxylic acids is 1. The van der Waals surface area contributed by atoms with Crippen molar-refractivity contribution in [3.8, 4) is 0 Å². The number of hydrogen-bond donors (Lipinski definition) is 1. The summed E-state index contributed by atoms with van der Waals surface area (Å²) in [6.07, 6.45) is 3.21. The Morgan fingerprint density at radius 2 is 1.91 bits per heavy atom. The minimum atomic E-state index is -0.0783. The van der Waals surface area contributed by atoms with Gasteiger partial charge < -0.3 is 14.7 Å². The number of aryl methyl sites for hydroxylation is 1. The van der Waals surface area contributed by atoms with Crippen LogP contribution in [0, 0.1) is 6.92 Å². The molecule has 2 aromatic rings. The fourth-order valence-corrected chi connectivity index (χ4v) is 2.12. The van der Waals surface area contributed by atoms with Crippen molar-refractivity contribution in [2.75, 3.05) is 18.4 Å². The van der Waals surface area contributed by atoms with Crippen LogP contribution in [0.2, 0.25) is 0 Å². The SMILES string of the molecule is CCCN(CCC)C(=O)c1cc(Nc2cc(C)on2)ncn1. The van der Waals surface area contributed by atoms with Crippen LogP contribution < -0.4 is 5.32 Å². The number of hydrogen-bond acceptors (Lipinski definition) is 6. The summed E-state index contributed by atoms with van der Waals surface area (Å²) in [7, 11) is 0. The molecule has 7 nitrogen and oxygen atoms in total. The second-order valence-corrected chi connectivity index (χ2v) is 5.03. The van der Waals surface area contributed by atoms with Crippen molar-refractivity contribution >= 4 is 17.5 Å². The van der Waals surface area contributed by atoms with Crippen molar-refractivity contribution in [1.82, 2.24) is 20.0 Å². The molecule has 118 valence electrons. The van der Waals surface area contributed by atoms with Gasteiger partial charge in [0, 0.05) is 25.2 Å². The first-order valence-corrected chi connectivity index (χ1v) is 7.45. The quantitative estimate of drug-likeness (QED) is 0.846. The first kappa shape index (κ1) is 15.9. The van der Waals surface area contributed by atoms with Crippen LogP contribution >= 0.6 is 0 Å². The van der Waals surface area contributed by atoms with Crippen LogP contribution in [0.1, 0.15) is 42.9 Å². The molecule has 22 heavy (non-hydrogen) atoms. The zero-order valence-electron chi connectivity index (χ0n) is 13.2. The van der Waals surface area contributed by atoms with Crippen LogP contribution in [0.3, 0.4) is 0 Å². The summed E-state index contributed by atoms with van der Waals surface area (Å²) in [6.45, 7) is 7.36. The molecule has 7 heteroatoms. The first-order chi connectivity index (χ1) is 10.6. The van der Waals surface area contributed by atoms with Crippen molar-refractivity contribution in [2.45, 2.75) is 33.6 Å². The highest BCUT2D eigenvalue weighted by Crippen LogP contribution is 2.15. The Labute approximate surface area is 129 Å². The summed E-state index contributed by atoms with van der Waals surface area (Å²) in [4.78, 5) is 22.5. The van der Waals surface area contributed by atoms with Crippen molar-refractivity contribution in [1.29, 1.82) is 0 Å². The zero-order valence-corrected chi connectivity index (χ0v) is 13.2. The maximum absolute atomic E-state index is 12.5. The molecule has 0 bridgehead atoms. The highest BCUT2D eigenvalue weighted by Gasteiger charge is 2.16. The highest BCUT2D eigenvalue weighted by atomic mass is 16.5. The molecule has 2 rings (SSSR count). The summed E-state index contributed by atoms with van der Waals surface area (Å²) < 4.78 is 4.99. The number of amides is 1. The summed E-state index contributed by atoms with van der Waals surface area (Å²) >= 11 is 0. The largest absolute Gasteiger partial charge is 0.360 e. The molecule has 2 aromatic heterocycles. The van der Waals surface area contributed by atoms with E-state index in [0.29, 0.717) is 23.1 Å². The summed E-state index contributed by atoms with van der Waals surface area (Å²) in [5, 5.41) is 6.83. The van der Waals surface area contributed by atoms with Gasteiger partial charge in [-0.3, -0.25) is 4.79 Å². The second kappa shape index (κ2) is 7.53. The van der Waals surface area contributed by atoms with Crippen molar-refractivity contribution in [3.05, 3.63) is 29.9 Å². The fourth-order valence-electron chi connectivity index (χ4n) is 2.12. The van der Waals surface area contributed by atoms with Crippen LogP contribution in [0.25, 0.3) is 0 Å². The topological polar surface area (TPSA) is 84.2 Å². The van der Waals surface area contributed by atoms with Gasteiger partial charge in [-0.2, -0.15) is 0 Å². The maximum Gasteiger partial charge on any atom is 0.272 e. The lowest BCUT2D eigenvalue weighted by Gasteiger charge is -2.20. The number of nitrogens with one attached hydrogen (secondary N) is 1. The Bertz CT molecular complexity index is 620. The van der Waals surface area contributed by atoms with Gasteiger partial charge in [0.05, 0.1) is 0 Å². The molecule has 0 aromatic carbocycles. The standard InChI is InChI=1S/C15H21N5O2/c1-4-6-20(7-5-2)15(21)12-9-13(17-10-16-12)18-14-8-11(3)22-19-14/h8-10H,4-7H2,1-3H3,(H,16,17,18,19). The molecule has 0 aliphatic rings. The Morgan fingerprint density at radius 3 is 2.50 bits per heavy atom. The highest BCUT2D eigenvalue weighted by molar-refractivity contribution is 5.93. The molecule has 2 heterocycles. The lowest BCUT2D eigenvalue weighted by Crippen LogP contribution is -2.33. The van der Waals surface area contributed by atoms with Gasteiger partial charge in [0.1, 0.15) is 23.6 Å². The fraction of sp³-hybridized carbons (Fsp3) is 0.467. The molecule has 1 N–H and O–H groups in total. The third kappa shape index (κ3) is 4.03. The Hall–Kier alpha value is -2.44. The van der Waals surface area contributed by atoms with E-state index >= 15 is 0 Å². The second-order valence-electron chi connectivity index (χ2n) is 5.03. The average molecular weight is 303 g/mol. The van der Waals surface area contributed by atoms with Gasteiger partial charge >= 0.3 is 0 Å². The van der Waals surface area contributed by atoms with E-state index in [-0.39, 0.29) is 5.91 Å². The Morgan fingerprint density at radius 1 is 1.18 bits per heavy atom. The minimum Gasteiger partial charge on any atom is -0.360 e. The lowest BCUT2D eigenvalue weighted by atomic mass is 10.3. The van der Waals surface area contributed by atoms with Gasteiger partial charge in [-0.05, 0) is 19.8 Å². The van der Waals surface area contributed by atoms with E-state index in [1.165, 1.54) is 6.33 Å². The number of nitrogens with zero attached hydrogens (tertiary/aromatic N) is 4. The van der Waals surface area contributed by atoms with Crippen LogP contribution in [-0.2, 0) is 0 Å². The molecule has 0 aliphatic carbocycles. The zero-order chi connectivity index (χ0) is 15.9. The molecule has 0 radical (unpaired) electrons. The molecule has 0 atom stereocenters. The summed E-state index contributed by atoms with van der Waals surface area (Å²) in [6, 6.07) is 3.38. The Kier molecular flexibility index (Phi) is 5.46. The molecular weight excluding hydrogens is 282 g/mol. The summed E-state index contributed by atoms with van der Waals surface area (Å²) in [5.41, 5.74) is 0.375. The normalized spacial score (nSPS) is 10.5. The summed E-state index contributed by atoms with van der Waals surface area (Å²) in [5.74, 6) is 1.68. The van der Waals surface area contributed by atoms with Crippen LogP contribution in [0.4, 0.5) is 11.6 Å². The van der Waals surface area contributed by atoms with Crippen molar-refractivity contribution < 1.29 is 9.32 Å². The van der Waals surface area contributed by atoms with E-state index in [4.69, 9.17) is 4.52 Å². The molecule has 0 fully saturated rings. The van der Waals surface area contributed by atoms with Crippen molar-refractivity contribution in [3.63, 3.8) is 0 Å². The van der Waals surface area contributed by atoms with Crippen molar-refractivity contribution in [2.24, 2.45) is 0 Å². The first-order valence-electron chi connectivity index (χ1n) is 7.45. The molecule has 0 saturated heterocycles. The molecule has 0 saturated carbocycles. The number of rotatable bonds is 7. The smallest absolute Gasteiger partial charge is 0.272 e. The van der Waals surface area contributed by atoms with Gasteiger partial charge in [0.2, 0.25) is 0 Å². The van der Waals surface area contributed by atoms with Gasteiger partial charge in [-0.25, -0.2) is 9.97 Å². The number of carbonyl (C=O) groups is 1. The Balaban J connectivity index is 2.14. The van der Waals surface area contributed by atoms with E-state index in [2.05, 4.69) is 34.3 Å². The number of aromatic nitrogens is 3. The van der Waals surface area contributed by atoms with Crippen LogP contribution in [0.5, 0.6) is 0 Å². The predicted molar refractivity (Wildman–Crippen MR) is 83.0 cm³/mol. The van der Waals surface area contributed by atoms with E-state index in [1.54, 1.807) is 19.1 Å². The van der Waals surface area contributed by atoms with Crippen LogP contribution in [0.15, 0.2) is 23.0 Å². The van der Waals surface area contributed by atoms with E-state index in [9.17, 15) is 4.79 Å².